The van der Waals surface area contributed by atoms with Crippen molar-refractivity contribution >= 4 is 11.0 Å². The van der Waals surface area contributed by atoms with Crippen LogP contribution in [0.5, 0.6) is 11.5 Å². The van der Waals surface area contributed by atoms with Crippen molar-refractivity contribution in [1.29, 1.82) is 0 Å². The molecule has 0 saturated carbocycles. The van der Waals surface area contributed by atoms with Gasteiger partial charge in [0.2, 0.25) is 0 Å². The van der Waals surface area contributed by atoms with Gasteiger partial charge in [-0.25, -0.2) is 0 Å². The van der Waals surface area contributed by atoms with Gasteiger partial charge in [0.1, 0.15) is 22.8 Å². The van der Waals surface area contributed by atoms with Gasteiger partial charge < -0.3 is 13.9 Å². The number of fused-ring (bicyclic) bond motifs is 1. The summed E-state index contributed by atoms with van der Waals surface area (Å²) in [6.45, 7) is 5.66. The lowest BCUT2D eigenvalue weighted by Gasteiger charge is -2.08. The lowest BCUT2D eigenvalue weighted by atomic mass is 10.1. The first-order valence-corrected chi connectivity index (χ1v) is 10.1. The van der Waals surface area contributed by atoms with E-state index in [2.05, 4.69) is 6.92 Å². The molecule has 0 saturated heterocycles. The summed E-state index contributed by atoms with van der Waals surface area (Å²) < 4.78 is 17.1. The Morgan fingerprint density at radius 2 is 1.68 bits per heavy atom. The first kappa shape index (κ1) is 20.0. The molecule has 0 aliphatic heterocycles. The van der Waals surface area contributed by atoms with Crippen LogP contribution in [-0.4, -0.2) is 20.3 Å². The number of ether oxygens (including phenoxy) is 2. The molecule has 0 radical (unpaired) electrons. The molecule has 148 valence electrons. The molecule has 3 aromatic rings. The molecule has 0 unspecified atom stereocenters. The summed E-state index contributed by atoms with van der Waals surface area (Å²) in [5.41, 5.74) is 1.81. The van der Waals surface area contributed by atoms with Crippen LogP contribution in [0.25, 0.3) is 22.3 Å². The number of hydrogen-bond acceptors (Lipinski definition) is 4. The Balaban J connectivity index is 2.03. The quantitative estimate of drug-likeness (QED) is 0.429. The fourth-order valence-corrected chi connectivity index (χ4v) is 3.17. The summed E-state index contributed by atoms with van der Waals surface area (Å²) in [7, 11) is 1.67. The minimum atomic E-state index is 0.635. The van der Waals surface area contributed by atoms with E-state index in [1.807, 2.05) is 55.5 Å². The first-order valence-electron chi connectivity index (χ1n) is 10.1. The molecule has 0 aliphatic carbocycles. The molecule has 0 atom stereocenters. The zero-order chi connectivity index (χ0) is 19.8. The highest BCUT2D eigenvalue weighted by atomic mass is 16.5. The maximum absolute atomic E-state index is 6.18. The van der Waals surface area contributed by atoms with E-state index in [1.165, 1.54) is 19.3 Å². The first-order chi connectivity index (χ1) is 13.7. The number of benzene rings is 2. The van der Waals surface area contributed by atoms with Crippen LogP contribution in [0.2, 0.25) is 0 Å². The molecule has 0 spiro atoms. The molecule has 4 nitrogen and oxygen atoms in total. The Hall–Kier alpha value is -2.75. The highest BCUT2D eigenvalue weighted by molar-refractivity contribution is 5.80. The van der Waals surface area contributed by atoms with E-state index < -0.39 is 0 Å². The zero-order valence-corrected chi connectivity index (χ0v) is 17.0. The molecule has 28 heavy (non-hydrogen) atoms. The third kappa shape index (κ3) is 4.94. The molecule has 0 fully saturated rings. The van der Waals surface area contributed by atoms with E-state index in [-0.39, 0.29) is 0 Å². The molecule has 2 aromatic carbocycles. The zero-order valence-electron chi connectivity index (χ0n) is 17.0. The molecule has 1 heterocycles. The van der Waals surface area contributed by atoms with Gasteiger partial charge in [-0.3, -0.25) is 4.99 Å². The minimum Gasteiger partial charge on any atom is -0.497 e. The summed E-state index contributed by atoms with van der Waals surface area (Å²) in [5, 5.41) is 1.93. The fraction of sp³-hybridized carbons (Fsp3) is 0.375. The van der Waals surface area contributed by atoms with Crippen LogP contribution < -0.4 is 14.8 Å². The molecule has 0 amide bonds. The summed E-state index contributed by atoms with van der Waals surface area (Å²) in [6, 6.07) is 15.8. The molecule has 0 bridgehead atoms. The largest absolute Gasteiger partial charge is 0.497 e. The van der Waals surface area contributed by atoms with Gasteiger partial charge in [-0.2, -0.15) is 0 Å². The Labute approximate surface area is 166 Å². The average molecular weight is 380 g/mol. The normalized spacial score (nSPS) is 11.8. The fourth-order valence-electron chi connectivity index (χ4n) is 3.17. The predicted molar refractivity (Wildman–Crippen MR) is 114 cm³/mol. The smallest absolute Gasteiger partial charge is 0.137 e. The highest BCUT2D eigenvalue weighted by Gasteiger charge is 2.08. The van der Waals surface area contributed by atoms with E-state index in [4.69, 9.17) is 18.9 Å². The van der Waals surface area contributed by atoms with Gasteiger partial charge in [0.05, 0.1) is 19.1 Å². The second kappa shape index (κ2) is 9.98. The minimum absolute atomic E-state index is 0.635. The van der Waals surface area contributed by atoms with Gasteiger partial charge in [0, 0.05) is 23.6 Å². The Morgan fingerprint density at radius 3 is 2.39 bits per heavy atom. The molecule has 1 aromatic heterocycles. The van der Waals surface area contributed by atoms with Gasteiger partial charge >= 0.3 is 0 Å². The van der Waals surface area contributed by atoms with Crippen LogP contribution in [-0.2, 0) is 0 Å². The standard InChI is InChI=1S/C24H29NO3/c1-4-6-7-8-15-25-22-17-24(18-9-11-19(26-3)12-10-18)28-23-14-13-20(27-5-2)16-21(22)23/h9-14,16-17H,4-8,15H2,1-3H3. The van der Waals surface area contributed by atoms with Crippen molar-refractivity contribution in [1.82, 2.24) is 0 Å². The number of methoxy groups -OCH3 is 1. The van der Waals surface area contributed by atoms with Crippen LogP contribution in [0.15, 0.2) is 57.9 Å². The van der Waals surface area contributed by atoms with Crippen molar-refractivity contribution in [2.24, 2.45) is 4.99 Å². The van der Waals surface area contributed by atoms with E-state index in [1.54, 1.807) is 7.11 Å². The van der Waals surface area contributed by atoms with Crippen molar-refractivity contribution in [3.05, 3.63) is 53.9 Å². The van der Waals surface area contributed by atoms with Crippen molar-refractivity contribution in [3.63, 3.8) is 0 Å². The van der Waals surface area contributed by atoms with Crippen molar-refractivity contribution in [3.8, 4) is 22.8 Å². The molecule has 4 heteroatoms. The maximum Gasteiger partial charge on any atom is 0.137 e. The lowest BCUT2D eigenvalue weighted by molar-refractivity contribution is 0.340. The monoisotopic (exact) mass is 379 g/mol. The number of hydrogen-bond donors (Lipinski definition) is 0. The molecule has 0 aliphatic rings. The maximum atomic E-state index is 6.18. The van der Waals surface area contributed by atoms with Gasteiger partial charge in [-0.05, 0) is 55.8 Å². The number of rotatable bonds is 9. The second-order valence-electron chi connectivity index (χ2n) is 6.76. The van der Waals surface area contributed by atoms with Crippen molar-refractivity contribution < 1.29 is 13.9 Å². The third-order valence-electron chi connectivity index (χ3n) is 4.69. The van der Waals surface area contributed by atoms with E-state index in [0.717, 1.165) is 52.1 Å². The van der Waals surface area contributed by atoms with Crippen LogP contribution in [0.1, 0.15) is 39.5 Å². The SMILES string of the molecule is CCCCCCN=c1cc(-c2ccc(OC)cc2)oc2ccc(OCC)cc12. The summed E-state index contributed by atoms with van der Waals surface area (Å²) in [4.78, 5) is 4.89. The second-order valence-corrected chi connectivity index (χ2v) is 6.76. The predicted octanol–water partition coefficient (Wildman–Crippen LogP) is 5.99. The molecule has 0 N–H and O–H groups in total. The Bertz CT molecular complexity index is 958. The lowest BCUT2D eigenvalue weighted by Crippen LogP contribution is -2.06. The van der Waals surface area contributed by atoms with E-state index in [9.17, 15) is 0 Å². The Morgan fingerprint density at radius 1 is 0.893 bits per heavy atom. The van der Waals surface area contributed by atoms with Crippen LogP contribution in [0.3, 0.4) is 0 Å². The summed E-state index contributed by atoms with van der Waals surface area (Å²) >= 11 is 0. The molecule has 3 rings (SSSR count). The van der Waals surface area contributed by atoms with E-state index >= 15 is 0 Å². The molecular weight excluding hydrogens is 350 g/mol. The van der Waals surface area contributed by atoms with Gasteiger partial charge in [-0.1, -0.05) is 26.2 Å². The number of unbranched alkanes of at least 4 members (excludes halogenated alkanes) is 3. The topological polar surface area (TPSA) is 44.0 Å². The number of nitrogens with zero attached hydrogens (tertiary/aromatic N) is 1. The van der Waals surface area contributed by atoms with Crippen molar-refractivity contribution in [2.75, 3.05) is 20.3 Å². The van der Waals surface area contributed by atoms with Crippen LogP contribution in [0, 0.1) is 0 Å². The molecular formula is C24H29NO3. The van der Waals surface area contributed by atoms with Crippen molar-refractivity contribution in [2.45, 2.75) is 39.5 Å². The van der Waals surface area contributed by atoms with Gasteiger partial charge in [0.25, 0.3) is 0 Å². The van der Waals surface area contributed by atoms with Crippen LogP contribution in [0.4, 0.5) is 0 Å². The van der Waals surface area contributed by atoms with E-state index in [0.29, 0.717) is 6.61 Å². The third-order valence-corrected chi connectivity index (χ3v) is 4.69. The van der Waals surface area contributed by atoms with Gasteiger partial charge in [-0.15, -0.1) is 0 Å². The van der Waals surface area contributed by atoms with Gasteiger partial charge in [0.15, 0.2) is 0 Å². The highest BCUT2D eigenvalue weighted by Crippen LogP contribution is 2.26. The average Bonchev–Trinajstić information content (AvgIpc) is 2.74. The Kier molecular flexibility index (Phi) is 7.12. The van der Waals surface area contributed by atoms with Crippen LogP contribution >= 0.6 is 0 Å². The summed E-state index contributed by atoms with van der Waals surface area (Å²) in [5.74, 6) is 2.46. The summed E-state index contributed by atoms with van der Waals surface area (Å²) in [6.07, 6.45) is 4.80.